The van der Waals surface area contributed by atoms with Crippen molar-refractivity contribution in [1.82, 2.24) is 4.90 Å². The van der Waals surface area contributed by atoms with Crippen LogP contribution in [-0.4, -0.2) is 43.9 Å². The van der Waals surface area contributed by atoms with Crippen LogP contribution in [0.5, 0.6) is 11.5 Å². The van der Waals surface area contributed by atoms with Crippen molar-refractivity contribution in [2.45, 2.75) is 20.5 Å². The summed E-state index contributed by atoms with van der Waals surface area (Å²) in [7, 11) is 0. The number of halogens is 3. The number of nitrogens with zero attached hydrogens (tertiary/aromatic N) is 1. The Kier molecular flexibility index (Phi) is 6.58. The maximum atomic E-state index is 12.6. The summed E-state index contributed by atoms with van der Waals surface area (Å²) in [6.07, 6.45) is -0.0667. The van der Waals surface area contributed by atoms with Crippen LogP contribution in [-0.2, 0) is 11.2 Å². The third-order valence-corrected chi connectivity index (χ3v) is 6.60. The lowest BCUT2D eigenvalue weighted by atomic mass is 9.93. The molecule has 27 heavy (non-hydrogen) atoms. The molecule has 1 aromatic carbocycles. The maximum Gasteiger partial charge on any atom is 0.410 e. The first-order valence-corrected chi connectivity index (χ1v) is 11.0. The fourth-order valence-corrected chi connectivity index (χ4v) is 4.97. The predicted molar refractivity (Wildman–Crippen MR) is 110 cm³/mol. The zero-order valence-electron chi connectivity index (χ0n) is 13.9. The number of phenolic OH excluding ortho intramolecular Hbond substituents is 2. The van der Waals surface area contributed by atoms with Crippen LogP contribution in [0.2, 0.25) is 0 Å². The second kappa shape index (κ2) is 8.57. The van der Waals surface area contributed by atoms with Gasteiger partial charge in [0.05, 0.1) is 10.3 Å². The molecular weight excluding hydrogens is 453 g/mol. The first-order valence-electron chi connectivity index (χ1n) is 7.96. The van der Waals surface area contributed by atoms with Crippen LogP contribution >= 0.6 is 57.9 Å². The van der Waals surface area contributed by atoms with Crippen molar-refractivity contribution < 1.29 is 19.7 Å². The molecule has 0 fully saturated rings. The number of thiophene rings is 1. The zero-order valence-corrected chi connectivity index (χ0v) is 17.8. The summed E-state index contributed by atoms with van der Waals surface area (Å²) in [4.78, 5) is 14.2. The van der Waals surface area contributed by atoms with E-state index in [9.17, 15) is 15.0 Å². The van der Waals surface area contributed by atoms with E-state index >= 15 is 0 Å². The highest BCUT2D eigenvalue weighted by atomic mass is 35.6. The van der Waals surface area contributed by atoms with Crippen LogP contribution in [0.3, 0.4) is 0 Å². The van der Waals surface area contributed by atoms with Gasteiger partial charge in [-0.3, -0.25) is 4.90 Å². The SMILES string of the molecule is O=C(OCC(Cl)(Cl)Cl)N1CCc2cc(O)c(O)cc2C1CSc1cccs1. The monoisotopic (exact) mass is 467 g/mol. The molecule has 0 radical (unpaired) electrons. The lowest BCUT2D eigenvalue weighted by Gasteiger charge is -2.36. The molecule has 0 aliphatic carbocycles. The number of hydrogen-bond donors (Lipinski definition) is 2. The first kappa shape index (κ1) is 20.7. The minimum Gasteiger partial charge on any atom is -0.504 e. The molecule has 10 heteroatoms. The molecule has 1 unspecified atom stereocenters. The van der Waals surface area contributed by atoms with E-state index in [1.54, 1.807) is 28.0 Å². The van der Waals surface area contributed by atoms with Gasteiger partial charge in [-0.2, -0.15) is 0 Å². The zero-order chi connectivity index (χ0) is 19.6. The van der Waals surface area contributed by atoms with Gasteiger partial charge in [-0.15, -0.1) is 23.1 Å². The molecule has 5 nitrogen and oxygen atoms in total. The minimum atomic E-state index is -1.69. The largest absolute Gasteiger partial charge is 0.504 e. The predicted octanol–water partition coefficient (Wildman–Crippen LogP) is 5.36. The van der Waals surface area contributed by atoms with Gasteiger partial charge in [-0.1, -0.05) is 40.9 Å². The fraction of sp³-hybridized carbons (Fsp3) is 0.353. The van der Waals surface area contributed by atoms with Crippen molar-refractivity contribution in [2.24, 2.45) is 0 Å². The number of fused-ring (bicyclic) bond motifs is 1. The van der Waals surface area contributed by atoms with Gasteiger partial charge in [-0.05, 0) is 41.1 Å². The van der Waals surface area contributed by atoms with Gasteiger partial charge in [-0.25, -0.2) is 4.79 Å². The van der Waals surface area contributed by atoms with Crippen LogP contribution in [0.25, 0.3) is 0 Å². The van der Waals surface area contributed by atoms with Gasteiger partial charge < -0.3 is 14.9 Å². The number of rotatable bonds is 4. The standard InChI is InChI=1S/C17H16Cl3NO4S2/c18-17(19,20)9-25-16(24)21-4-3-10-6-13(22)14(23)7-11(10)12(21)8-27-15-2-1-5-26-15/h1-2,5-7,12,22-23H,3-4,8-9H2. The molecule has 2 aromatic rings. The number of alkyl halides is 3. The molecule has 0 bridgehead atoms. The first-order chi connectivity index (χ1) is 12.7. The Morgan fingerprint density at radius 2 is 2.07 bits per heavy atom. The Balaban J connectivity index is 1.84. The van der Waals surface area contributed by atoms with Crippen LogP contribution in [0.15, 0.2) is 33.9 Å². The molecule has 0 saturated carbocycles. The third kappa shape index (κ3) is 5.29. The van der Waals surface area contributed by atoms with E-state index in [2.05, 4.69) is 0 Å². The van der Waals surface area contributed by atoms with E-state index in [-0.39, 0.29) is 24.1 Å². The Morgan fingerprint density at radius 3 is 2.74 bits per heavy atom. The molecular formula is C17H16Cl3NO4S2. The van der Waals surface area contributed by atoms with Gasteiger partial charge in [0.25, 0.3) is 0 Å². The van der Waals surface area contributed by atoms with Crippen molar-refractivity contribution in [3.63, 3.8) is 0 Å². The average Bonchev–Trinajstić information content (AvgIpc) is 3.11. The minimum absolute atomic E-state index is 0.175. The molecule has 0 saturated heterocycles. The van der Waals surface area contributed by atoms with Gasteiger partial charge >= 0.3 is 6.09 Å². The Labute approximate surface area is 179 Å². The number of hydrogen-bond acceptors (Lipinski definition) is 6. The lowest BCUT2D eigenvalue weighted by Crippen LogP contribution is -2.42. The van der Waals surface area contributed by atoms with Gasteiger partial charge in [0.2, 0.25) is 3.79 Å². The quantitative estimate of drug-likeness (QED) is 0.359. The molecule has 1 amide bonds. The molecule has 2 heterocycles. The van der Waals surface area contributed by atoms with E-state index in [1.807, 2.05) is 17.5 Å². The van der Waals surface area contributed by atoms with E-state index in [4.69, 9.17) is 39.5 Å². The van der Waals surface area contributed by atoms with Crippen LogP contribution < -0.4 is 0 Å². The number of benzene rings is 1. The average molecular weight is 469 g/mol. The third-order valence-electron chi connectivity index (χ3n) is 4.07. The van der Waals surface area contributed by atoms with Gasteiger partial charge in [0.1, 0.15) is 6.61 Å². The van der Waals surface area contributed by atoms with Crippen molar-refractivity contribution in [3.05, 3.63) is 40.8 Å². The number of phenols is 2. The summed E-state index contributed by atoms with van der Waals surface area (Å²) in [5.41, 5.74) is 1.65. The summed E-state index contributed by atoms with van der Waals surface area (Å²) in [6, 6.07) is 6.64. The number of carbonyl (C=O) groups is 1. The molecule has 2 N–H and O–H groups in total. The highest BCUT2D eigenvalue weighted by Gasteiger charge is 2.34. The van der Waals surface area contributed by atoms with Crippen molar-refractivity contribution in [1.29, 1.82) is 0 Å². The van der Waals surface area contributed by atoms with Crippen LogP contribution in [0.4, 0.5) is 4.79 Å². The maximum absolute atomic E-state index is 12.6. The molecule has 3 rings (SSSR count). The summed E-state index contributed by atoms with van der Waals surface area (Å²) in [5, 5.41) is 21.7. The van der Waals surface area contributed by atoms with Gasteiger partial charge in [0.15, 0.2) is 11.5 Å². The molecule has 1 aliphatic rings. The molecule has 1 aliphatic heterocycles. The summed E-state index contributed by atoms with van der Waals surface area (Å²) in [6.45, 7) is 0.0387. The number of thioether (sulfide) groups is 1. The van der Waals surface area contributed by atoms with E-state index in [0.29, 0.717) is 18.7 Å². The van der Waals surface area contributed by atoms with E-state index < -0.39 is 9.89 Å². The van der Waals surface area contributed by atoms with Crippen molar-refractivity contribution in [2.75, 3.05) is 18.9 Å². The fourth-order valence-electron chi connectivity index (χ4n) is 2.86. The Hall–Kier alpha value is -0.990. The van der Waals surface area contributed by atoms with Crippen molar-refractivity contribution in [3.8, 4) is 11.5 Å². The Morgan fingerprint density at radius 1 is 1.33 bits per heavy atom. The van der Waals surface area contributed by atoms with E-state index in [0.717, 1.165) is 15.3 Å². The molecule has 146 valence electrons. The number of amides is 1. The van der Waals surface area contributed by atoms with Crippen LogP contribution in [0, 0.1) is 0 Å². The second-order valence-electron chi connectivity index (χ2n) is 5.91. The highest BCUT2D eigenvalue weighted by molar-refractivity contribution is 8.01. The normalized spacial score (nSPS) is 16.9. The number of aromatic hydroxyl groups is 2. The molecule has 1 aromatic heterocycles. The smallest absolute Gasteiger partial charge is 0.410 e. The number of ether oxygens (including phenoxy) is 1. The summed E-state index contributed by atoms with van der Waals surface area (Å²) >= 11 is 20.2. The topological polar surface area (TPSA) is 70.0 Å². The lowest BCUT2D eigenvalue weighted by molar-refractivity contribution is 0.0881. The summed E-state index contributed by atoms with van der Waals surface area (Å²) in [5.74, 6) is 0.155. The van der Waals surface area contributed by atoms with E-state index in [1.165, 1.54) is 12.1 Å². The van der Waals surface area contributed by atoms with Crippen LogP contribution in [0.1, 0.15) is 17.2 Å². The molecule has 0 spiro atoms. The highest BCUT2D eigenvalue weighted by Crippen LogP contribution is 2.40. The summed E-state index contributed by atoms with van der Waals surface area (Å²) < 4.78 is 4.58. The molecule has 1 atom stereocenters. The van der Waals surface area contributed by atoms with Crippen molar-refractivity contribution >= 4 is 64.0 Å². The Bertz CT molecular complexity index is 811. The second-order valence-corrected chi connectivity index (χ2v) is 10.7. The number of carbonyl (C=O) groups excluding carboxylic acids is 1. The van der Waals surface area contributed by atoms with Gasteiger partial charge in [0, 0.05) is 12.3 Å².